The zero-order valence-corrected chi connectivity index (χ0v) is 18.6. The fourth-order valence-electron chi connectivity index (χ4n) is 4.89. The summed E-state index contributed by atoms with van der Waals surface area (Å²) in [5, 5.41) is 10.1. The first-order chi connectivity index (χ1) is 15.6. The number of carbonyl (C=O) groups excluding carboxylic acids is 1. The molecule has 172 valence electrons. The zero-order chi connectivity index (χ0) is 22.8. The molecule has 2 aliphatic rings. The van der Waals surface area contributed by atoms with Gasteiger partial charge in [-0.15, -0.1) is 0 Å². The topological polar surface area (TPSA) is 112 Å². The lowest BCUT2D eigenvalue weighted by Crippen LogP contribution is -2.65. The molecule has 9 nitrogen and oxygen atoms in total. The van der Waals surface area contributed by atoms with Crippen molar-refractivity contribution in [3.8, 4) is 0 Å². The summed E-state index contributed by atoms with van der Waals surface area (Å²) in [5.74, 6) is 0.221. The highest BCUT2D eigenvalue weighted by atomic mass is 16.3. The van der Waals surface area contributed by atoms with E-state index in [0.717, 1.165) is 57.4 Å². The van der Waals surface area contributed by atoms with Gasteiger partial charge in [0, 0.05) is 56.0 Å². The minimum absolute atomic E-state index is 0.219. The van der Waals surface area contributed by atoms with E-state index in [0.29, 0.717) is 6.54 Å². The smallest absolute Gasteiger partial charge is 0.290 e. The Balaban J connectivity index is 0.000000913. The van der Waals surface area contributed by atoms with Crippen LogP contribution in [0, 0.1) is 5.41 Å². The summed E-state index contributed by atoms with van der Waals surface area (Å²) in [6, 6.07) is 4.23. The standard InChI is InChI=1S/C22H30N6O.CH2O2/c1-27-12-7-22(21(29)26-10-5-18-3-8-23-9-4-18)6-2-11-28(20(22)16-27)15-19-13-24-17-25-14-19;2-1-3/h3-4,8-9,13-14,17,20H,2,5-7,10-12,15-16H2,1H3,(H,26,29);1H,(H,2,3)/t20-,22+;/m0./s1. The van der Waals surface area contributed by atoms with E-state index in [9.17, 15) is 4.79 Å². The van der Waals surface area contributed by atoms with Crippen molar-refractivity contribution >= 4 is 12.4 Å². The van der Waals surface area contributed by atoms with Gasteiger partial charge in [0.05, 0.1) is 5.41 Å². The van der Waals surface area contributed by atoms with E-state index < -0.39 is 0 Å². The lowest BCUT2D eigenvalue weighted by molar-refractivity contribution is -0.145. The highest BCUT2D eigenvalue weighted by molar-refractivity contribution is 5.84. The van der Waals surface area contributed by atoms with Gasteiger partial charge in [-0.2, -0.15) is 0 Å². The van der Waals surface area contributed by atoms with E-state index in [-0.39, 0.29) is 23.8 Å². The molecule has 32 heavy (non-hydrogen) atoms. The number of carbonyl (C=O) groups is 2. The molecule has 4 heterocycles. The van der Waals surface area contributed by atoms with Gasteiger partial charge in [-0.25, -0.2) is 9.97 Å². The van der Waals surface area contributed by atoms with Crippen molar-refractivity contribution in [1.29, 1.82) is 0 Å². The molecular formula is C23H32N6O3. The number of likely N-dealkylation sites (N-methyl/N-ethyl adjacent to an activating group) is 1. The molecule has 2 saturated heterocycles. The molecule has 0 spiro atoms. The number of hydrogen-bond acceptors (Lipinski definition) is 7. The lowest BCUT2D eigenvalue weighted by atomic mass is 9.67. The summed E-state index contributed by atoms with van der Waals surface area (Å²) in [7, 11) is 2.16. The van der Waals surface area contributed by atoms with Crippen LogP contribution in [0.15, 0.2) is 43.2 Å². The monoisotopic (exact) mass is 440 g/mol. The van der Waals surface area contributed by atoms with Crippen LogP contribution in [-0.2, 0) is 22.6 Å². The van der Waals surface area contributed by atoms with Gasteiger partial charge in [0.1, 0.15) is 6.33 Å². The van der Waals surface area contributed by atoms with Gasteiger partial charge in [-0.1, -0.05) is 0 Å². The van der Waals surface area contributed by atoms with Crippen LogP contribution >= 0.6 is 0 Å². The Morgan fingerprint density at radius 2 is 1.91 bits per heavy atom. The first kappa shape index (κ1) is 23.7. The quantitative estimate of drug-likeness (QED) is 0.645. The molecule has 2 fully saturated rings. The van der Waals surface area contributed by atoms with E-state index in [1.165, 1.54) is 5.56 Å². The highest BCUT2D eigenvalue weighted by Gasteiger charge is 2.51. The molecule has 2 atom stereocenters. The molecule has 4 rings (SSSR count). The minimum atomic E-state index is -0.307. The number of nitrogens with zero attached hydrogens (tertiary/aromatic N) is 5. The second-order valence-electron chi connectivity index (χ2n) is 8.47. The number of likely N-dealkylation sites (tertiary alicyclic amines) is 2. The van der Waals surface area contributed by atoms with Crippen molar-refractivity contribution in [3.63, 3.8) is 0 Å². The number of fused-ring (bicyclic) bond motifs is 1. The van der Waals surface area contributed by atoms with E-state index in [2.05, 4.69) is 37.1 Å². The van der Waals surface area contributed by atoms with Gasteiger partial charge in [-0.05, 0) is 63.5 Å². The van der Waals surface area contributed by atoms with Gasteiger partial charge in [0.2, 0.25) is 5.91 Å². The van der Waals surface area contributed by atoms with Gasteiger partial charge in [-0.3, -0.25) is 19.5 Å². The average molecular weight is 441 g/mol. The SMILES string of the molecule is CN1CC[C@]2(C(=O)NCCc3ccncc3)CCCN(Cc3cncnc3)[C@H]2C1.O=CO. The molecule has 0 unspecified atom stereocenters. The predicted molar refractivity (Wildman–Crippen MR) is 120 cm³/mol. The Kier molecular flexibility index (Phi) is 8.64. The molecule has 2 aliphatic heterocycles. The highest BCUT2D eigenvalue weighted by Crippen LogP contribution is 2.43. The molecule has 2 N–H and O–H groups in total. The predicted octanol–water partition coefficient (Wildman–Crippen LogP) is 1.22. The fourth-order valence-corrected chi connectivity index (χ4v) is 4.89. The average Bonchev–Trinajstić information content (AvgIpc) is 2.81. The van der Waals surface area contributed by atoms with Crippen molar-refractivity contribution in [3.05, 3.63) is 54.4 Å². The Bertz CT molecular complexity index is 853. The van der Waals surface area contributed by atoms with Crippen molar-refractivity contribution in [1.82, 2.24) is 30.1 Å². The number of pyridine rings is 1. The Labute approximate surface area is 188 Å². The zero-order valence-electron chi connectivity index (χ0n) is 18.6. The molecule has 0 aliphatic carbocycles. The number of aromatic nitrogens is 3. The van der Waals surface area contributed by atoms with Crippen molar-refractivity contribution in [2.24, 2.45) is 5.41 Å². The lowest BCUT2D eigenvalue weighted by Gasteiger charge is -2.53. The van der Waals surface area contributed by atoms with Crippen molar-refractivity contribution in [2.75, 3.05) is 33.2 Å². The first-order valence-electron chi connectivity index (χ1n) is 11.0. The first-order valence-corrected chi connectivity index (χ1v) is 11.0. The van der Waals surface area contributed by atoms with Crippen LogP contribution in [0.3, 0.4) is 0 Å². The normalized spacial score (nSPS) is 23.3. The van der Waals surface area contributed by atoms with E-state index >= 15 is 0 Å². The van der Waals surface area contributed by atoms with Crippen LogP contribution in [0.5, 0.6) is 0 Å². The number of piperidine rings is 2. The van der Waals surface area contributed by atoms with Crippen LogP contribution in [0.2, 0.25) is 0 Å². The van der Waals surface area contributed by atoms with Gasteiger partial charge < -0.3 is 15.3 Å². The molecule has 0 aromatic carbocycles. The van der Waals surface area contributed by atoms with Gasteiger partial charge >= 0.3 is 0 Å². The second-order valence-corrected chi connectivity index (χ2v) is 8.47. The van der Waals surface area contributed by atoms with Crippen molar-refractivity contribution in [2.45, 2.75) is 38.3 Å². The Morgan fingerprint density at radius 3 is 2.62 bits per heavy atom. The third kappa shape index (κ3) is 5.86. The molecule has 9 heteroatoms. The van der Waals surface area contributed by atoms with E-state index in [4.69, 9.17) is 9.90 Å². The second kappa shape index (κ2) is 11.6. The fraction of sp³-hybridized carbons (Fsp3) is 0.522. The molecule has 2 aromatic rings. The summed E-state index contributed by atoms with van der Waals surface area (Å²) in [6.45, 7) is 4.12. The maximum atomic E-state index is 13.5. The summed E-state index contributed by atoms with van der Waals surface area (Å²) < 4.78 is 0. The Hall–Kier alpha value is -2.91. The number of nitrogens with one attached hydrogen (secondary N) is 1. The molecule has 0 bridgehead atoms. The number of carboxylic acid groups (broad SMARTS) is 1. The van der Waals surface area contributed by atoms with E-state index in [1.54, 1.807) is 18.7 Å². The number of rotatable bonds is 6. The summed E-state index contributed by atoms with van der Waals surface area (Å²) in [6.07, 6.45) is 12.7. The van der Waals surface area contributed by atoms with Crippen LogP contribution in [0.4, 0.5) is 0 Å². The number of amides is 1. The molecule has 0 radical (unpaired) electrons. The summed E-state index contributed by atoms with van der Waals surface area (Å²) >= 11 is 0. The van der Waals surface area contributed by atoms with Crippen LogP contribution in [0.25, 0.3) is 0 Å². The summed E-state index contributed by atoms with van der Waals surface area (Å²) in [5.41, 5.74) is 2.00. The molecule has 1 amide bonds. The largest absolute Gasteiger partial charge is 0.483 e. The third-order valence-electron chi connectivity index (χ3n) is 6.47. The molecule has 2 aromatic heterocycles. The molecular weight excluding hydrogens is 408 g/mol. The summed E-state index contributed by atoms with van der Waals surface area (Å²) in [4.78, 5) is 39.0. The minimum Gasteiger partial charge on any atom is -0.483 e. The van der Waals surface area contributed by atoms with Gasteiger partial charge in [0.25, 0.3) is 6.47 Å². The van der Waals surface area contributed by atoms with Gasteiger partial charge in [0.15, 0.2) is 0 Å². The Morgan fingerprint density at radius 1 is 1.19 bits per heavy atom. The van der Waals surface area contributed by atoms with E-state index in [1.807, 2.05) is 24.5 Å². The van der Waals surface area contributed by atoms with Crippen LogP contribution in [-0.4, -0.2) is 81.5 Å². The third-order valence-corrected chi connectivity index (χ3v) is 6.47. The van der Waals surface area contributed by atoms with Crippen molar-refractivity contribution < 1.29 is 14.7 Å². The number of hydrogen-bond donors (Lipinski definition) is 2. The maximum absolute atomic E-state index is 13.5. The van der Waals surface area contributed by atoms with Crippen LogP contribution in [0.1, 0.15) is 30.4 Å². The van der Waals surface area contributed by atoms with Crippen LogP contribution < -0.4 is 5.32 Å². The maximum Gasteiger partial charge on any atom is 0.290 e. The molecule has 0 saturated carbocycles.